The highest BCUT2D eigenvalue weighted by atomic mass is 32.1. The highest BCUT2D eigenvalue weighted by molar-refractivity contribution is 7.03. The van der Waals surface area contributed by atoms with Crippen molar-refractivity contribution in [3.63, 3.8) is 0 Å². The summed E-state index contributed by atoms with van der Waals surface area (Å²) in [6.07, 6.45) is 1.70. The van der Waals surface area contributed by atoms with Crippen LogP contribution in [0.15, 0.2) is 29.6 Å². The number of ether oxygens (including phenoxy) is 1. The second-order valence-corrected chi connectivity index (χ2v) is 8.70. The summed E-state index contributed by atoms with van der Waals surface area (Å²) in [5, 5.41) is 6.26. The third-order valence-electron chi connectivity index (χ3n) is 6.22. The minimum Gasteiger partial charge on any atom is -0.497 e. The Hall–Kier alpha value is -2.52. The molecular weight excluding hydrogens is 402 g/mol. The van der Waals surface area contributed by atoms with Gasteiger partial charge in [0.05, 0.1) is 25.3 Å². The zero-order valence-electron chi connectivity index (χ0n) is 17.1. The van der Waals surface area contributed by atoms with Crippen LogP contribution in [0.2, 0.25) is 0 Å². The van der Waals surface area contributed by atoms with Gasteiger partial charge < -0.3 is 15.4 Å². The van der Waals surface area contributed by atoms with Gasteiger partial charge in [0.25, 0.3) is 0 Å². The Morgan fingerprint density at radius 2 is 2.10 bits per heavy atom. The molecule has 4 rings (SSSR count). The van der Waals surface area contributed by atoms with Crippen LogP contribution < -0.4 is 10.5 Å². The summed E-state index contributed by atoms with van der Waals surface area (Å²) in [7, 11) is 1.66. The van der Waals surface area contributed by atoms with Gasteiger partial charge in [-0.1, -0.05) is 16.6 Å². The van der Waals surface area contributed by atoms with E-state index in [0.29, 0.717) is 26.2 Å². The van der Waals surface area contributed by atoms with Crippen molar-refractivity contribution in [1.82, 2.24) is 19.4 Å². The van der Waals surface area contributed by atoms with Crippen LogP contribution in [0.4, 0.5) is 0 Å². The molecule has 2 saturated heterocycles. The number of amides is 2. The van der Waals surface area contributed by atoms with Crippen molar-refractivity contribution < 1.29 is 14.3 Å². The predicted octanol–water partition coefficient (Wildman–Crippen LogP) is 1.45. The molecule has 0 saturated carbocycles. The number of rotatable bonds is 6. The molecule has 2 fully saturated rings. The fourth-order valence-electron chi connectivity index (χ4n) is 4.57. The zero-order chi connectivity index (χ0) is 21.1. The van der Waals surface area contributed by atoms with Crippen LogP contribution in [0.3, 0.4) is 0 Å². The van der Waals surface area contributed by atoms with Crippen molar-refractivity contribution in [3.05, 3.63) is 40.9 Å². The number of carbonyl (C=O) groups excluding carboxylic acids is 2. The van der Waals surface area contributed by atoms with E-state index in [1.165, 1.54) is 11.5 Å². The van der Waals surface area contributed by atoms with E-state index in [2.05, 4.69) is 20.6 Å². The quantitative estimate of drug-likeness (QED) is 0.746. The maximum Gasteiger partial charge on any atom is 0.236 e. The topological polar surface area (TPSA) is 102 Å². The van der Waals surface area contributed by atoms with Crippen molar-refractivity contribution in [2.75, 3.05) is 39.8 Å². The molecule has 2 aliphatic heterocycles. The van der Waals surface area contributed by atoms with Crippen LogP contribution in [0.25, 0.3) is 0 Å². The highest BCUT2D eigenvalue weighted by Crippen LogP contribution is 2.40. The van der Waals surface area contributed by atoms with Gasteiger partial charge >= 0.3 is 0 Å². The highest BCUT2D eigenvalue weighted by Gasteiger charge is 2.39. The van der Waals surface area contributed by atoms with Crippen molar-refractivity contribution in [2.24, 2.45) is 11.7 Å². The Labute approximate surface area is 180 Å². The summed E-state index contributed by atoms with van der Waals surface area (Å²) >= 11 is 1.33. The number of aromatic nitrogens is 2. The molecule has 0 unspecified atom stereocenters. The smallest absolute Gasteiger partial charge is 0.236 e. The largest absolute Gasteiger partial charge is 0.497 e. The maximum absolute atomic E-state index is 13.1. The Morgan fingerprint density at radius 3 is 2.83 bits per heavy atom. The lowest BCUT2D eigenvalue weighted by Gasteiger charge is -2.31. The average Bonchev–Trinajstić information content (AvgIpc) is 3.44. The number of hydrogen-bond donors (Lipinski definition) is 1. The first-order valence-electron chi connectivity index (χ1n) is 10.3. The lowest BCUT2D eigenvalue weighted by Crippen LogP contribution is -2.46. The van der Waals surface area contributed by atoms with Crippen LogP contribution in [0.1, 0.15) is 35.9 Å². The molecule has 3 atom stereocenters. The number of likely N-dealkylation sites (tertiary alicyclic amines) is 2. The Bertz CT molecular complexity index is 891. The molecule has 0 spiro atoms. The van der Waals surface area contributed by atoms with E-state index in [4.69, 9.17) is 10.5 Å². The molecule has 3 heterocycles. The Balaban J connectivity index is 1.49. The molecule has 1 aromatic heterocycles. The van der Waals surface area contributed by atoms with Crippen molar-refractivity contribution in [1.29, 1.82) is 0 Å². The van der Waals surface area contributed by atoms with Gasteiger partial charge in [-0.15, -0.1) is 5.10 Å². The normalized spacial score (nSPS) is 24.7. The van der Waals surface area contributed by atoms with Gasteiger partial charge in [-0.3, -0.25) is 14.5 Å². The van der Waals surface area contributed by atoms with Crippen molar-refractivity contribution in [2.45, 2.75) is 24.7 Å². The standard InChI is InChI=1S/C21H27N5O3S/c1-29-16-6-2-4-14(8-16)17-10-26(11-18(17)19-13-30-24-23-19)20(27)12-25-7-3-5-15(9-25)21(22)28/h2,4,6,8,13,15,17-18H,3,5,7,9-12H2,1H3,(H2,22,28)/t15-,17-,18+/m0/s1. The molecule has 2 aliphatic rings. The molecule has 2 N–H and O–H groups in total. The molecule has 8 nitrogen and oxygen atoms in total. The molecule has 30 heavy (non-hydrogen) atoms. The van der Waals surface area contributed by atoms with E-state index in [-0.39, 0.29) is 29.6 Å². The van der Waals surface area contributed by atoms with E-state index in [1.807, 2.05) is 28.5 Å². The summed E-state index contributed by atoms with van der Waals surface area (Å²) in [5.74, 6) is 0.676. The van der Waals surface area contributed by atoms with Crippen LogP contribution in [-0.2, 0) is 9.59 Å². The van der Waals surface area contributed by atoms with E-state index < -0.39 is 0 Å². The first-order chi connectivity index (χ1) is 14.5. The number of primary amides is 1. The number of nitrogens with two attached hydrogens (primary N) is 1. The van der Waals surface area contributed by atoms with E-state index in [9.17, 15) is 9.59 Å². The second kappa shape index (κ2) is 9.09. The SMILES string of the molecule is COc1cccc([C@@H]2CN(C(=O)CN3CCC[C@H](C(N)=O)C3)C[C@H]2c2csnn2)c1. The van der Waals surface area contributed by atoms with Gasteiger partial charge in [0.2, 0.25) is 11.8 Å². The molecule has 1 aromatic carbocycles. The number of piperidine rings is 1. The maximum atomic E-state index is 13.1. The van der Waals surface area contributed by atoms with Crippen LogP contribution >= 0.6 is 11.5 Å². The number of methoxy groups -OCH3 is 1. The summed E-state index contributed by atoms with van der Waals surface area (Å²) in [5.41, 5.74) is 7.54. The van der Waals surface area contributed by atoms with Gasteiger partial charge in [0.1, 0.15) is 5.75 Å². The van der Waals surface area contributed by atoms with Crippen molar-refractivity contribution >= 4 is 23.3 Å². The van der Waals surface area contributed by atoms with Gasteiger partial charge in [-0.25, -0.2) is 0 Å². The molecule has 9 heteroatoms. The van der Waals surface area contributed by atoms with Gasteiger partial charge in [0, 0.05) is 36.9 Å². The first-order valence-corrected chi connectivity index (χ1v) is 11.1. The monoisotopic (exact) mass is 429 g/mol. The van der Waals surface area contributed by atoms with Gasteiger partial charge in [-0.05, 0) is 48.6 Å². The molecule has 0 aliphatic carbocycles. The average molecular weight is 430 g/mol. The minimum absolute atomic E-state index is 0.0821. The zero-order valence-corrected chi connectivity index (χ0v) is 17.9. The first kappa shape index (κ1) is 20.7. The molecule has 2 aromatic rings. The summed E-state index contributed by atoms with van der Waals surface area (Å²) < 4.78 is 9.42. The Morgan fingerprint density at radius 1 is 1.27 bits per heavy atom. The fourth-order valence-corrected chi connectivity index (χ4v) is 5.09. The van der Waals surface area contributed by atoms with E-state index in [1.54, 1.807) is 7.11 Å². The predicted molar refractivity (Wildman–Crippen MR) is 113 cm³/mol. The third kappa shape index (κ3) is 4.46. The minimum atomic E-state index is -0.275. The number of carbonyl (C=O) groups is 2. The number of benzene rings is 1. The van der Waals surface area contributed by atoms with Crippen LogP contribution in [0.5, 0.6) is 5.75 Å². The van der Waals surface area contributed by atoms with Crippen molar-refractivity contribution in [3.8, 4) is 5.75 Å². The fraction of sp³-hybridized carbons (Fsp3) is 0.524. The summed E-state index contributed by atoms with van der Waals surface area (Å²) in [6.45, 7) is 2.94. The molecule has 160 valence electrons. The summed E-state index contributed by atoms with van der Waals surface area (Å²) in [6, 6.07) is 8.02. The third-order valence-corrected chi connectivity index (χ3v) is 6.74. The second-order valence-electron chi connectivity index (χ2n) is 8.09. The number of hydrogen-bond acceptors (Lipinski definition) is 7. The Kier molecular flexibility index (Phi) is 6.29. The lowest BCUT2D eigenvalue weighted by molar-refractivity contribution is -0.133. The van der Waals surface area contributed by atoms with E-state index >= 15 is 0 Å². The van der Waals surface area contributed by atoms with E-state index in [0.717, 1.165) is 36.4 Å². The van der Waals surface area contributed by atoms with Gasteiger partial charge in [0.15, 0.2) is 0 Å². The van der Waals surface area contributed by atoms with Crippen LogP contribution in [-0.4, -0.2) is 71.0 Å². The molecule has 0 bridgehead atoms. The molecule has 2 amide bonds. The summed E-state index contributed by atoms with van der Waals surface area (Å²) in [4.78, 5) is 28.6. The molecular formula is C21H27N5O3S. The van der Waals surface area contributed by atoms with Gasteiger partial charge in [-0.2, -0.15) is 0 Å². The number of nitrogens with zero attached hydrogens (tertiary/aromatic N) is 4. The van der Waals surface area contributed by atoms with Crippen LogP contribution in [0, 0.1) is 5.92 Å². The molecule has 0 radical (unpaired) electrons. The lowest BCUT2D eigenvalue weighted by atomic mass is 9.87.